The fourth-order valence-corrected chi connectivity index (χ4v) is 2.81. The lowest BCUT2D eigenvalue weighted by Gasteiger charge is -2.36. The lowest BCUT2D eigenvalue weighted by atomic mass is 10.2. The van der Waals surface area contributed by atoms with Gasteiger partial charge < -0.3 is 9.47 Å². The van der Waals surface area contributed by atoms with Gasteiger partial charge in [0.15, 0.2) is 0 Å². The molecule has 1 aromatic rings. The molecule has 1 aliphatic rings. The van der Waals surface area contributed by atoms with Crippen LogP contribution in [0, 0.1) is 0 Å². The van der Waals surface area contributed by atoms with Crippen molar-refractivity contribution < 1.29 is 17.9 Å². The molecule has 0 amide bonds. The van der Waals surface area contributed by atoms with Gasteiger partial charge in [0, 0.05) is 19.1 Å². The van der Waals surface area contributed by atoms with Gasteiger partial charge >= 0.3 is 0 Å². The predicted molar refractivity (Wildman–Crippen MR) is 79.8 cm³/mol. The van der Waals surface area contributed by atoms with Gasteiger partial charge in [0.25, 0.3) is 0 Å². The smallest absolute Gasteiger partial charge is 0.238 e. The molecule has 0 saturated carbocycles. The summed E-state index contributed by atoms with van der Waals surface area (Å²) in [6.45, 7) is 7.19. The van der Waals surface area contributed by atoms with Crippen molar-refractivity contribution in [3.63, 3.8) is 0 Å². The molecule has 2 rings (SSSR count). The zero-order valence-corrected chi connectivity index (χ0v) is 13.2. The van der Waals surface area contributed by atoms with Gasteiger partial charge in [0.1, 0.15) is 12.4 Å². The van der Waals surface area contributed by atoms with Gasteiger partial charge in [0.05, 0.1) is 17.6 Å². The number of rotatable bonds is 5. The normalized spacial score (nSPS) is 24.0. The van der Waals surface area contributed by atoms with E-state index in [9.17, 15) is 8.42 Å². The third-order valence-electron chi connectivity index (χ3n) is 3.54. The van der Waals surface area contributed by atoms with Crippen molar-refractivity contribution in [2.24, 2.45) is 5.14 Å². The van der Waals surface area contributed by atoms with Crippen LogP contribution in [0.15, 0.2) is 29.2 Å². The van der Waals surface area contributed by atoms with Crippen molar-refractivity contribution in [3.05, 3.63) is 24.3 Å². The van der Waals surface area contributed by atoms with Crippen LogP contribution in [0.5, 0.6) is 5.75 Å². The number of primary sulfonamides is 1. The molecule has 0 bridgehead atoms. The molecule has 21 heavy (non-hydrogen) atoms. The molecule has 1 aliphatic heterocycles. The molecule has 2 N–H and O–H groups in total. The van der Waals surface area contributed by atoms with E-state index in [-0.39, 0.29) is 11.0 Å². The molecule has 7 heteroatoms. The van der Waals surface area contributed by atoms with Crippen molar-refractivity contribution >= 4 is 10.0 Å². The molecule has 1 fully saturated rings. The summed E-state index contributed by atoms with van der Waals surface area (Å²) in [6, 6.07) is 6.51. The minimum atomic E-state index is -3.65. The highest BCUT2D eigenvalue weighted by atomic mass is 32.2. The fourth-order valence-electron chi connectivity index (χ4n) is 2.29. The molecular formula is C14H22N2O4S. The topological polar surface area (TPSA) is 81.9 Å². The van der Waals surface area contributed by atoms with Gasteiger partial charge in [-0.25, -0.2) is 13.6 Å². The second-order valence-electron chi connectivity index (χ2n) is 5.35. The molecule has 0 spiro atoms. The fraction of sp³-hybridized carbons (Fsp3) is 0.571. The lowest BCUT2D eigenvalue weighted by Crippen LogP contribution is -2.48. The Morgan fingerprint density at radius 1 is 1.33 bits per heavy atom. The van der Waals surface area contributed by atoms with Crippen LogP contribution in [0.3, 0.4) is 0 Å². The average molecular weight is 314 g/mol. The van der Waals surface area contributed by atoms with Crippen LogP contribution in [0.4, 0.5) is 0 Å². The summed E-state index contributed by atoms with van der Waals surface area (Å²) in [6.07, 6.45) is 0.246. The molecule has 1 saturated heterocycles. The maximum Gasteiger partial charge on any atom is 0.238 e. The average Bonchev–Trinajstić information content (AvgIpc) is 2.42. The summed E-state index contributed by atoms with van der Waals surface area (Å²) in [5.74, 6) is 0.636. The van der Waals surface area contributed by atoms with E-state index >= 15 is 0 Å². The Kier molecular flexibility index (Phi) is 5.21. The quantitative estimate of drug-likeness (QED) is 0.870. The third-order valence-corrected chi connectivity index (χ3v) is 4.47. The second-order valence-corrected chi connectivity index (χ2v) is 6.91. The van der Waals surface area contributed by atoms with Crippen LogP contribution in [0.2, 0.25) is 0 Å². The van der Waals surface area contributed by atoms with Gasteiger partial charge in [-0.1, -0.05) is 0 Å². The minimum Gasteiger partial charge on any atom is -0.492 e. The first kappa shape index (κ1) is 16.2. The molecule has 1 heterocycles. The summed E-state index contributed by atoms with van der Waals surface area (Å²) < 4.78 is 33.5. The van der Waals surface area contributed by atoms with E-state index in [2.05, 4.69) is 18.7 Å². The highest BCUT2D eigenvalue weighted by molar-refractivity contribution is 7.89. The van der Waals surface area contributed by atoms with Crippen molar-refractivity contribution in [3.8, 4) is 5.75 Å². The Hall–Kier alpha value is -1.15. The van der Waals surface area contributed by atoms with Gasteiger partial charge in [-0.15, -0.1) is 0 Å². The number of hydrogen-bond acceptors (Lipinski definition) is 5. The summed E-state index contributed by atoms with van der Waals surface area (Å²) in [5, 5.41) is 5.05. The summed E-state index contributed by atoms with van der Waals surface area (Å²) in [4.78, 5) is 2.41. The van der Waals surface area contributed by atoms with Crippen LogP contribution < -0.4 is 9.88 Å². The number of nitrogens with zero attached hydrogens (tertiary/aromatic N) is 1. The summed E-state index contributed by atoms with van der Waals surface area (Å²) in [5.41, 5.74) is 0. The maximum atomic E-state index is 11.2. The zero-order chi connectivity index (χ0) is 15.5. The van der Waals surface area contributed by atoms with Crippen LogP contribution in [-0.2, 0) is 14.8 Å². The molecule has 0 unspecified atom stereocenters. The zero-order valence-electron chi connectivity index (χ0n) is 12.4. The number of morpholine rings is 1. The molecular weight excluding hydrogens is 292 g/mol. The van der Waals surface area contributed by atoms with Crippen LogP contribution in [-0.4, -0.2) is 51.8 Å². The second kappa shape index (κ2) is 6.74. The standard InChI is InChI=1S/C14H22N2O4S/c1-11-10-20-12(2)9-16(11)7-8-19-13-3-5-14(6-4-13)21(15,17)18/h3-6,11-12H,7-10H2,1-2H3,(H2,15,17,18)/t11-,12-/m0/s1. The molecule has 0 radical (unpaired) electrons. The van der Waals surface area contributed by atoms with Crippen molar-refractivity contribution in [2.45, 2.75) is 30.9 Å². The Balaban J connectivity index is 1.83. The van der Waals surface area contributed by atoms with Crippen molar-refractivity contribution in [1.29, 1.82) is 0 Å². The third kappa shape index (κ3) is 4.67. The molecule has 0 aromatic heterocycles. The number of ether oxygens (including phenoxy) is 2. The van der Waals surface area contributed by atoms with Gasteiger partial charge in [0.2, 0.25) is 10.0 Å². The predicted octanol–water partition coefficient (Wildman–Crippen LogP) is 0.822. The van der Waals surface area contributed by atoms with Crippen LogP contribution >= 0.6 is 0 Å². The van der Waals surface area contributed by atoms with Gasteiger partial charge in [-0.3, -0.25) is 4.90 Å². The maximum absolute atomic E-state index is 11.2. The van der Waals surface area contributed by atoms with E-state index in [0.29, 0.717) is 18.4 Å². The first-order chi connectivity index (χ1) is 9.86. The summed E-state index contributed by atoms with van der Waals surface area (Å²) >= 11 is 0. The highest BCUT2D eigenvalue weighted by Crippen LogP contribution is 2.15. The monoisotopic (exact) mass is 314 g/mol. The Bertz CT molecular complexity index is 559. The van der Waals surface area contributed by atoms with Crippen molar-refractivity contribution in [2.75, 3.05) is 26.3 Å². The first-order valence-electron chi connectivity index (χ1n) is 6.97. The van der Waals surface area contributed by atoms with Crippen LogP contribution in [0.25, 0.3) is 0 Å². The Morgan fingerprint density at radius 3 is 2.62 bits per heavy atom. The number of nitrogens with two attached hydrogens (primary N) is 1. The molecule has 0 aliphatic carbocycles. The molecule has 1 aromatic carbocycles. The largest absolute Gasteiger partial charge is 0.492 e. The van der Waals surface area contributed by atoms with Crippen molar-refractivity contribution in [1.82, 2.24) is 4.90 Å². The van der Waals surface area contributed by atoms with E-state index in [4.69, 9.17) is 14.6 Å². The van der Waals surface area contributed by atoms with Gasteiger partial charge in [-0.05, 0) is 38.1 Å². The SMILES string of the molecule is C[C@H]1CN(CCOc2ccc(S(N)(=O)=O)cc2)[C@@H](C)CO1. The highest BCUT2D eigenvalue weighted by Gasteiger charge is 2.22. The van der Waals surface area contributed by atoms with E-state index in [1.54, 1.807) is 12.1 Å². The Morgan fingerprint density at radius 2 is 2.00 bits per heavy atom. The molecule has 118 valence electrons. The van der Waals surface area contributed by atoms with E-state index in [0.717, 1.165) is 19.7 Å². The number of benzene rings is 1. The lowest BCUT2D eigenvalue weighted by molar-refractivity contribution is -0.0522. The van der Waals surface area contributed by atoms with E-state index in [1.807, 2.05) is 0 Å². The minimum absolute atomic E-state index is 0.0884. The molecule has 6 nitrogen and oxygen atoms in total. The van der Waals surface area contributed by atoms with Gasteiger partial charge in [-0.2, -0.15) is 0 Å². The Labute approximate surface area is 125 Å². The summed E-state index contributed by atoms with van der Waals surface area (Å²) in [7, 11) is -3.65. The van der Waals surface area contributed by atoms with E-state index < -0.39 is 10.0 Å². The van der Waals surface area contributed by atoms with Crippen LogP contribution in [0.1, 0.15) is 13.8 Å². The first-order valence-corrected chi connectivity index (χ1v) is 8.52. The number of sulfonamides is 1. The number of hydrogen-bond donors (Lipinski definition) is 1. The molecule has 2 atom stereocenters. The van der Waals surface area contributed by atoms with E-state index in [1.165, 1.54) is 12.1 Å².